The van der Waals surface area contributed by atoms with E-state index in [9.17, 15) is 9.59 Å². The van der Waals surface area contributed by atoms with Gasteiger partial charge in [-0.2, -0.15) is 0 Å². The van der Waals surface area contributed by atoms with Crippen LogP contribution in [0.15, 0.2) is 29.5 Å². The third kappa shape index (κ3) is 1.13. The molecule has 0 aliphatic carbocycles. The van der Waals surface area contributed by atoms with E-state index in [1.54, 1.807) is 0 Å². The molecule has 0 saturated heterocycles. The van der Waals surface area contributed by atoms with Gasteiger partial charge in [0.05, 0.1) is 6.20 Å². The van der Waals surface area contributed by atoms with Crippen molar-refractivity contribution in [3.05, 3.63) is 40.6 Å². The van der Waals surface area contributed by atoms with E-state index in [1.165, 1.54) is 18.5 Å². The normalized spacial score (nSPS) is 10.3. The Morgan fingerprint density at radius 2 is 2.21 bits per heavy atom. The van der Waals surface area contributed by atoms with Crippen molar-refractivity contribution in [3.8, 4) is 0 Å². The number of rotatable bonds is 1. The summed E-state index contributed by atoms with van der Waals surface area (Å²) in [6.45, 7) is 0. The predicted molar refractivity (Wildman–Crippen MR) is 46.2 cm³/mol. The highest BCUT2D eigenvalue weighted by atomic mass is 16.4. The number of aromatic carboxylic acids is 1. The molecule has 2 aromatic rings. The molecule has 0 aliphatic rings. The molecule has 2 heterocycles. The lowest BCUT2D eigenvalue weighted by molar-refractivity contribution is 0.0694. The minimum absolute atomic E-state index is 0.183. The van der Waals surface area contributed by atoms with Gasteiger partial charge in [-0.3, -0.25) is 9.20 Å². The van der Waals surface area contributed by atoms with Crippen LogP contribution in [0.4, 0.5) is 0 Å². The fourth-order valence-corrected chi connectivity index (χ4v) is 1.07. The molecule has 0 saturated carbocycles. The molecule has 0 amide bonds. The van der Waals surface area contributed by atoms with Gasteiger partial charge in [0.1, 0.15) is 5.56 Å². The molecule has 0 aliphatic heterocycles. The van der Waals surface area contributed by atoms with E-state index in [0.717, 1.165) is 10.6 Å². The zero-order chi connectivity index (χ0) is 10.1. The number of carboxylic acids is 1. The lowest BCUT2D eigenvalue weighted by atomic mass is 10.3. The summed E-state index contributed by atoms with van der Waals surface area (Å²) in [5.41, 5.74) is -0.994. The second-order valence-corrected chi connectivity index (χ2v) is 2.57. The van der Waals surface area contributed by atoms with E-state index in [0.29, 0.717) is 0 Å². The first-order valence-corrected chi connectivity index (χ1v) is 3.76. The number of carboxylic acid groups (broad SMARTS) is 1. The molecular formula is C8H5N3O3. The summed E-state index contributed by atoms with van der Waals surface area (Å²) in [7, 11) is 0. The molecule has 0 spiro atoms. The number of hydrogen-bond acceptors (Lipinski definition) is 4. The topological polar surface area (TPSA) is 84.6 Å². The SMILES string of the molecule is O=C(O)c1cnc2ncccn2c1=O. The van der Waals surface area contributed by atoms with Crippen molar-refractivity contribution < 1.29 is 9.90 Å². The molecule has 70 valence electrons. The van der Waals surface area contributed by atoms with Crippen LogP contribution in [0.25, 0.3) is 5.78 Å². The molecule has 6 nitrogen and oxygen atoms in total. The summed E-state index contributed by atoms with van der Waals surface area (Å²) in [5, 5.41) is 8.65. The van der Waals surface area contributed by atoms with Crippen LogP contribution in [0.1, 0.15) is 10.4 Å². The maximum Gasteiger partial charge on any atom is 0.342 e. The van der Waals surface area contributed by atoms with E-state index in [-0.39, 0.29) is 11.3 Å². The van der Waals surface area contributed by atoms with Gasteiger partial charge in [-0.25, -0.2) is 14.8 Å². The smallest absolute Gasteiger partial charge is 0.342 e. The summed E-state index contributed by atoms with van der Waals surface area (Å²) in [6, 6.07) is 1.53. The Morgan fingerprint density at radius 1 is 1.43 bits per heavy atom. The first-order chi connectivity index (χ1) is 6.70. The molecule has 0 fully saturated rings. The average Bonchev–Trinajstić information content (AvgIpc) is 2.18. The Balaban J connectivity index is 2.89. The molecule has 1 N–H and O–H groups in total. The Labute approximate surface area is 77.5 Å². The van der Waals surface area contributed by atoms with E-state index >= 15 is 0 Å². The predicted octanol–water partition coefficient (Wildman–Crippen LogP) is -0.212. The van der Waals surface area contributed by atoms with Crippen LogP contribution in [0.3, 0.4) is 0 Å². The highest BCUT2D eigenvalue weighted by Crippen LogP contribution is 1.93. The van der Waals surface area contributed by atoms with Crippen LogP contribution in [0, 0.1) is 0 Å². The summed E-state index contributed by atoms with van der Waals surface area (Å²) in [5.74, 6) is -1.11. The van der Waals surface area contributed by atoms with Gasteiger partial charge in [-0.1, -0.05) is 0 Å². The second kappa shape index (κ2) is 2.91. The maximum atomic E-state index is 11.5. The van der Waals surface area contributed by atoms with Gasteiger partial charge < -0.3 is 5.11 Å². The van der Waals surface area contributed by atoms with Gasteiger partial charge in [-0.05, 0) is 6.07 Å². The molecule has 2 rings (SSSR count). The molecule has 2 aromatic heterocycles. The maximum absolute atomic E-state index is 11.5. The molecule has 0 unspecified atom stereocenters. The average molecular weight is 191 g/mol. The van der Waals surface area contributed by atoms with E-state index in [4.69, 9.17) is 5.11 Å². The number of carbonyl (C=O) groups is 1. The van der Waals surface area contributed by atoms with Gasteiger partial charge in [-0.15, -0.1) is 0 Å². The molecule has 0 radical (unpaired) electrons. The van der Waals surface area contributed by atoms with Crippen LogP contribution >= 0.6 is 0 Å². The zero-order valence-electron chi connectivity index (χ0n) is 6.91. The first-order valence-electron chi connectivity index (χ1n) is 3.76. The van der Waals surface area contributed by atoms with Crippen LogP contribution in [0.2, 0.25) is 0 Å². The Hall–Kier alpha value is -2.24. The van der Waals surface area contributed by atoms with Crippen molar-refractivity contribution in [2.75, 3.05) is 0 Å². The van der Waals surface area contributed by atoms with Gasteiger partial charge >= 0.3 is 5.97 Å². The van der Waals surface area contributed by atoms with E-state index in [2.05, 4.69) is 9.97 Å². The van der Waals surface area contributed by atoms with Crippen LogP contribution in [-0.4, -0.2) is 25.4 Å². The lowest BCUT2D eigenvalue weighted by Gasteiger charge is -1.98. The van der Waals surface area contributed by atoms with Crippen LogP contribution in [-0.2, 0) is 0 Å². The van der Waals surface area contributed by atoms with Gasteiger partial charge in [0.15, 0.2) is 0 Å². The van der Waals surface area contributed by atoms with E-state index in [1.807, 2.05) is 0 Å². The Kier molecular flexibility index (Phi) is 1.74. The summed E-state index contributed by atoms with van der Waals surface area (Å²) >= 11 is 0. The van der Waals surface area contributed by atoms with Crippen molar-refractivity contribution in [1.29, 1.82) is 0 Å². The van der Waals surface area contributed by atoms with Crippen LogP contribution < -0.4 is 5.56 Å². The zero-order valence-corrected chi connectivity index (χ0v) is 6.91. The highest BCUT2D eigenvalue weighted by Gasteiger charge is 2.10. The number of nitrogens with zero attached hydrogens (tertiary/aromatic N) is 3. The third-order valence-corrected chi connectivity index (χ3v) is 1.72. The fraction of sp³-hybridized carbons (Fsp3) is 0. The van der Waals surface area contributed by atoms with Crippen LogP contribution in [0.5, 0.6) is 0 Å². The van der Waals surface area contributed by atoms with Crippen molar-refractivity contribution in [2.24, 2.45) is 0 Å². The van der Waals surface area contributed by atoms with Crippen molar-refractivity contribution in [1.82, 2.24) is 14.4 Å². The first kappa shape index (κ1) is 8.36. The van der Waals surface area contributed by atoms with Gasteiger partial charge in [0, 0.05) is 12.4 Å². The minimum atomic E-state index is -1.29. The number of aromatic nitrogens is 3. The molecule has 0 atom stereocenters. The second-order valence-electron chi connectivity index (χ2n) is 2.57. The van der Waals surface area contributed by atoms with Gasteiger partial charge in [0.25, 0.3) is 5.56 Å². The highest BCUT2D eigenvalue weighted by molar-refractivity contribution is 5.86. The largest absolute Gasteiger partial charge is 0.477 e. The summed E-state index contributed by atoms with van der Waals surface area (Å²) in [6.07, 6.45) is 3.90. The van der Waals surface area contributed by atoms with Gasteiger partial charge in [0.2, 0.25) is 5.78 Å². The monoisotopic (exact) mass is 191 g/mol. The fourth-order valence-electron chi connectivity index (χ4n) is 1.07. The van der Waals surface area contributed by atoms with Crippen molar-refractivity contribution in [3.63, 3.8) is 0 Å². The molecule has 6 heteroatoms. The molecule has 14 heavy (non-hydrogen) atoms. The number of fused-ring (bicyclic) bond motifs is 1. The van der Waals surface area contributed by atoms with Crippen molar-refractivity contribution in [2.45, 2.75) is 0 Å². The standard InChI is InChI=1S/C8H5N3O3/c12-6-5(7(13)14)4-10-8-9-2-1-3-11(6)8/h1-4H,(H,13,14). The Bertz CT molecular complexity index is 561. The summed E-state index contributed by atoms with van der Waals surface area (Å²) in [4.78, 5) is 29.6. The Morgan fingerprint density at radius 3 is 2.93 bits per heavy atom. The molecule has 0 aromatic carbocycles. The quantitative estimate of drug-likeness (QED) is 0.674. The molecular weight excluding hydrogens is 186 g/mol. The number of hydrogen-bond donors (Lipinski definition) is 1. The minimum Gasteiger partial charge on any atom is -0.477 e. The van der Waals surface area contributed by atoms with Crippen molar-refractivity contribution >= 4 is 11.7 Å². The summed E-state index contributed by atoms with van der Waals surface area (Å²) < 4.78 is 1.09. The van der Waals surface area contributed by atoms with E-state index < -0.39 is 11.5 Å². The molecule has 0 bridgehead atoms. The lowest BCUT2D eigenvalue weighted by Crippen LogP contribution is -2.22. The third-order valence-electron chi connectivity index (χ3n) is 1.72.